The van der Waals surface area contributed by atoms with Crippen molar-refractivity contribution in [2.24, 2.45) is 0 Å². The number of piperazine rings is 1. The molecule has 1 heterocycles. The Kier molecular flexibility index (Phi) is 4.46. The molecule has 0 spiro atoms. The molecule has 1 fully saturated rings. The number of rotatable bonds is 4. The van der Waals surface area contributed by atoms with Crippen LogP contribution in [0.1, 0.15) is 17.3 Å². The normalized spacial score (nSPS) is 20.8. The van der Waals surface area contributed by atoms with Crippen molar-refractivity contribution in [3.63, 3.8) is 0 Å². The second-order valence-electron chi connectivity index (χ2n) is 5.31. The van der Waals surface area contributed by atoms with E-state index < -0.39 is 4.92 Å². The highest BCUT2D eigenvalue weighted by Crippen LogP contribution is 2.14. The molecule has 6 heteroatoms. The Hall–Kier alpha value is -1.79. The van der Waals surface area contributed by atoms with Gasteiger partial charge in [-0.05, 0) is 26.1 Å². The van der Waals surface area contributed by atoms with Crippen molar-refractivity contribution >= 4 is 11.5 Å². The minimum atomic E-state index is -0.462. The molecule has 1 atom stereocenters. The number of hydrogen-bond acceptors (Lipinski definition) is 5. The van der Waals surface area contributed by atoms with E-state index in [9.17, 15) is 14.9 Å². The first-order valence-electron chi connectivity index (χ1n) is 6.67. The largest absolute Gasteiger partial charge is 0.304 e. The summed E-state index contributed by atoms with van der Waals surface area (Å²) < 4.78 is 0. The molecule has 1 aromatic rings. The predicted octanol–water partition coefficient (Wildman–Crippen LogP) is 1.41. The molecule has 0 amide bonds. The minimum Gasteiger partial charge on any atom is -0.304 e. The van der Waals surface area contributed by atoms with Crippen molar-refractivity contribution in [3.05, 3.63) is 39.9 Å². The van der Waals surface area contributed by atoms with Crippen LogP contribution in [-0.4, -0.2) is 59.8 Å². The lowest BCUT2D eigenvalue weighted by Gasteiger charge is -2.37. The lowest BCUT2D eigenvalue weighted by atomic mass is 10.1. The third-order valence-corrected chi connectivity index (χ3v) is 3.71. The molecule has 20 heavy (non-hydrogen) atoms. The van der Waals surface area contributed by atoms with Crippen LogP contribution in [0.3, 0.4) is 0 Å². The van der Waals surface area contributed by atoms with Crippen molar-refractivity contribution in [2.45, 2.75) is 13.0 Å². The van der Waals surface area contributed by atoms with Gasteiger partial charge >= 0.3 is 0 Å². The first-order chi connectivity index (χ1) is 9.47. The van der Waals surface area contributed by atoms with Gasteiger partial charge in [0.1, 0.15) is 0 Å². The summed E-state index contributed by atoms with van der Waals surface area (Å²) in [5.74, 6) is 0.0105. The maximum Gasteiger partial charge on any atom is 0.269 e. The summed E-state index contributed by atoms with van der Waals surface area (Å²) >= 11 is 0. The summed E-state index contributed by atoms with van der Waals surface area (Å²) in [4.78, 5) is 26.7. The first-order valence-corrected chi connectivity index (χ1v) is 6.67. The number of carbonyl (C=O) groups excluding carboxylic acids is 1. The zero-order valence-electron chi connectivity index (χ0n) is 11.8. The van der Waals surface area contributed by atoms with Gasteiger partial charge in [-0.25, -0.2) is 0 Å². The zero-order valence-corrected chi connectivity index (χ0v) is 11.8. The van der Waals surface area contributed by atoms with Crippen LogP contribution < -0.4 is 0 Å². The second kappa shape index (κ2) is 6.11. The van der Waals surface area contributed by atoms with E-state index in [2.05, 4.69) is 23.8 Å². The van der Waals surface area contributed by atoms with Gasteiger partial charge in [-0.1, -0.05) is 0 Å². The molecule has 0 N–H and O–H groups in total. The average Bonchev–Trinajstić information content (AvgIpc) is 2.42. The topological polar surface area (TPSA) is 66.7 Å². The number of likely N-dealkylation sites (N-methyl/N-ethyl adjacent to an activating group) is 1. The third-order valence-electron chi connectivity index (χ3n) is 3.71. The van der Waals surface area contributed by atoms with Gasteiger partial charge in [0, 0.05) is 43.4 Å². The van der Waals surface area contributed by atoms with Crippen molar-refractivity contribution in [1.82, 2.24) is 9.80 Å². The van der Waals surface area contributed by atoms with Gasteiger partial charge < -0.3 is 4.90 Å². The van der Waals surface area contributed by atoms with Crippen LogP contribution in [0.5, 0.6) is 0 Å². The number of hydrogen-bond donors (Lipinski definition) is 0. The number of ketones is 1. The van der Waals surface area contributed by atoms with E-state index in [0.29, 0.717) is 18.2 Å². The number of nitrogens with zero attached hydrogens (tertiary/aromatic N) is 3. The van der Waals surface area contributed by atoms with Gasteiger partial charge in [0.05, 0.1) is 11.5 Å². The van der Waals surface area contributed by atoms with Gasteiger partial charge in [0.25, 0.3) is 5.69 Å². The molecular formula is C14H19N3O3. The first kappa shape index (κ1) is 14.6. The number of nitro groups is 1. The molecule has 1 unspecified atom stereocenters. The number of Topliss-reactive ketones (excluding diaryl/α,β-unsaturated/α-hetero) is 1. The van der Waals surface area contributed by atoms with Crippen LogP contribution >= 0.6 is 0 Å². The van der Waals surface area contributed by atoms with E-state index >= 15 is 0 Å². The number of benzene rings is 1. The molecule has 1 aliphatic rings. The molecule has 1 saturated heterocycles. The summed E-state index contributed by atoms with van der Waals surface area (Å²) in [6, 6.07) is 6.15. The highest BCUT2D eigenvalue weighted by Gasteiger charge is 2.23. The fourth-order valence-electron chi connectivity index (χ4n) is 2.46. The lowest BCUT2D eigenvalue weighted by molar-refractivity contribution is -0.384. The van der Waals surface area contributed by atoms with Crippen molar-refractivity contribution < 1.29 is 9.72 Å². The zero-order chi connectivity index (χ0) is 14.7. The highest BCUT2D eigenvalue weighted by molar-refractivity contribution is 5.97. The van der Waals surface area contributed by atoms with Crippen molar-refractivity contribution in [2.75, 3.05) is 33.2 Å². The van der Waals surface area contributed by atoms with Crippen LogP contribution in [0.25, 0.3) is 0 Å². The van der Waals surface area contributed by atoms with Crippen molar-refractivity contribution in [3.8, 4) is 0 Å². The van der Waals surface area contributed by atoms with E-state index in [-0.39, 0.29) is 11.5 Å². The van der Waals surface area contributed by atoms with Gasteiger partial charge in [0.2, 0.25) is 0 Å². The van der Waals surface area contributed by atoms with E-state index in [1.165, 1.54) is 24.3 Å². The van der Waals surface area contributed by atoms with Crippen LogP contribution in [0, 0.1) is 10.1 Å². The molecule has 1 aliphatic heterocycles. The Bertz CT molecular complexity index is 501. The number of non-ortho nitro benzene ring substituents is 1. The standard InChI is InChI=1S/C14H19N3O3/c1-11-9-15(2)7-8-16(11)10-14(18)12-3-5-13(6-4-12)17(19)20/h3-6,11H,7-10H2,1-2H3. The van der Waals surface area contributed by atoms with E-state index in [1.54, 1.807) is 0 Å². The fourth-order valence-corrected chi connectivity index (χ4v) is 2.46. The molecule has 0 aliphatic carbocycles. The van der Waals surface area contributed by atoms with Crippen molar-refractivity contribution in [1.29, 1.82) is 0 Å². The Balaban J connectivity index is 1.99. The molecule has 2 rings (SSSR count). The van der Waals surface area contributed by atoms with Gasteiger partial charge in [0.15, 0.2) is 5.78 Å². The molecule has 1 aromatic carbocycles. The van der Waals surface area contributed by atoms with E-state index in [4.69, 9.17) is 0 Å². The van der Waals surface area contributed by atoms with Crippen LogP contribution in [0.2, 0.25) is 0 Å². The summed E-state index contributed by atoms with van der Waals surface area (Å²) in [6.07, 6.45) is 0. The summed E-state index contributed by atoms with van der Waals surface area (Å²) in [5, 5.41) is 10.6. The summed E-state index contributed by atoms with van der Waals surface area (Å²) in [7, 11) is 2.08. The summed E-state index contributed by atoms with van der Waals surface area (Å²) in [5.41, 5.74) is 0.538. The quantitative estimate of drug-likeness (QED) is 0.473. The van der Waals surface area contributed by atoms with E-state index in [1.807, 2.05) is 0 Å². The van der Waals surface area contributed by atoms with Gasteiger partial charge in [-0.3, -0.25) is 19.8 Å². The molecule has 0 saturated carbocycles. The molecule has 0 bridgehead atoms. The minimum absolute atomic E-state index is 0.00881. The molecule has 108 valence electrons. The second-order valence-corrected chi connectivity index (χ2v) is 5.31. The Morgan fingerprint density at radius 3 is 2.55 bits per heavy atom. The van der Waals surface area contributed by atoms with E-state index in [0.717, 1.165) is 19.6 Å². The Morgan fingerprint density at radius 2 is 2.00 bits per heavy atom. The summed E-state index contributed by atoms with van der Waals surface area (Å²) in [6.45, 7) is 5.26. The lowest BCUT2D eigenvalue weighted by Crippen LogP contribution is -2.51. The Morgan fingerprint density at radius 1 is 1.35 bits per heavy atom. The number of carbonyl (C=O) groups is 1. The Labute approximate surface area is 118 Å². The molecule has 6 nitrogen and oxygen atoms in total. The average molecular weight is 277 g/mol. The van der Waals surface area contributed by atoms with Crippen LogP contribution in [-0.2, 0) is 0 Å². The van der Waals surface area contributed by atoms with Gasteiger partial charge in [-0.15, -0.1) is 0 Å². The SMILES string of the molecule is CC1CN(C)CCN1CC(=O)c1ccc([N+](=O)[O-])cc1. The number of nitro benzene ring substituents is 1. The smallest absolute Gasteiger partial charge is 0.269 e. The van der Waals surface area contributed by atoms with Crippen LogP contribution in [0.15, 0.2) is 24.3 Å². The molecule has 0 radical (unpaired) electrons. The monoisotopic (exact) mass is 277 g/mol. The van der Waals surface area contributed by atoms with Gasteiger partial charge in [-0.2, -0.15) is 0 Å². The highest BCUT2D eigenvalue weighted by atomic mass is 16.6. The van der Waals surface area contributed by atoms with Crippen LogP contribution in [0.4, 0.5) is 5.69 Å². The third kappa shape index (κ3) is 3.40. The molecular weight excluding hydrogens is 258 g/mol. The predicted molar refractivity (Wildman–Crippen MR) is 76.0 cm³/mol. The maximum atomic E-state index is 12.2. The molecule has 0 aromatic heterocycles. The fraction of sp³-hybridized carbons (Fsp3) is 0.500. The maximum absolute atomic E-state index is 12.2.